The summed E-state index contributed by atoms with van der Waals surface area (Å²) in [5, 5.41) is 9.86. The van der Waals surface area contributed by atoms with Crippen LogP contribution in [0.3, 0.4) is 0 Å². The number of methoxy groups -OCH3 is 1. The third-order valence-electron chi connectivity index (χ3n) is 3.40. The summed E-state index contributed by atoms with van der Waals surface area (Å²) in [6, 6.07) is 0. The van der Waals surface area contributed by atoms with Crippen molar-refractivity contribution >= 4 is 5.97 Å². The lowest BCUT2D eigenvalue weighted by atomic mass is 9.89. The number of hydrogen-bond acceptors (Lipinski definition) is 3. The van der Waals surface area contributed by atoms with E-state index in [4.69, 9.17) is 0 Å². The molecule has 0 radical (unpaired) electrons. The Kier molecular flexibility index (Phi) is 5.53. The normalized spacial score (nSPS) is 29.8. The number of aliphatic hydroxyl groups excluding tert-OH is 1. The third-order valence-corrected chi connectivity index (χ3v) is 3.40. The van der Waals surface area contributed by atoms with E-state index >= 15 is 0 Å². The highest BCUT2D eigenvalue weighted by molar-refractivity contribution is 5.69. The molecule has 1 aliphatic carbocycles. The molecule has 1 fully saturated rings. The Bertz CT molecular complexity index is 248. The number of esters is 1. The molecular formula is C13H22O3. The molecule has 0 bridgehead atoms. The first-order valence-corrected chi connectivity index (χ1v) is 6.08. The second kappa shape index (κ2) is 6.69. The molecule has 3 nitrogen and oxygen atoms in total. The first-order valence-electron chi connectivity index (χ1n) is 6.08. The van der Waals surface area contributed by atoms with Gasteiger partial charge < -0.3 is 9.84 Å². The van der Waals surface area contributed by atoms with Crippen molar-refractivity contribution in [2.24, 2.45) is 11.8 Å². The summed E-state index contributed by atoms with van der Waals surface area (Å²) in [5.41, 5.74) is 0. The molecule has 16 heavy (non-hydrogen) atoms. The molecule has 3 heteroatoms. The van der Waals surface area contributed by atoms with E-state index in [9.17, 15) is 9.90 Å². The number of ether oxygens (including phenoxy) is 1. The molecular weight excluding hydrogens is 204 g/mol. The van der Waals surface area contributed by atoms with Gasteiger partial charge in [0.15, 0.2) is 0 Å². The standard InChI is InChI=1S/C13H22O3/c1-3-4-5-6-11-10(7-8-12(11)14)9-13(15)16-2/h4-5,10-12,14H,3,6-9H2,1-2H3/b5-4-/t10-,11+,12?/m0/s1. The minimum atomic E-state index is -0.254. The molecule has 92 valence electrons. The number of carbonyl (C=O) groups is 1. The number of aliphatic hydroxyl groups is 1. The van der Waals surface area contributed by atoms with Gasteiger partial charge in [-0.3, -0.25) is 4.79 Å². The van der Waals surface area contributed by atoms with Crippen molar-refractivity contribution in [1.82, 2.24) is 0 Å². The SMILES string of the molecule is CC/C=C\C[C@H]1C(O)CC[C@H]1CC(=O)OC. The summed E-state index contributed by atoms with van der Waals surface area (Å²) in [6.07, 6.45) is 8.05. The fourth-order valence-electron chi connectivity index (χ4n) is 2.45. The molecule has 0 saturated heterocycles. The van der Waals surface area contributed by atoms with Crippen molar-refractivity contribution < 1.29 is 14.6 Å². The van der Waals surface area contributed by atoms with Crippen LogP contribution in [0.25, 0.3) is 0 Å². The second-order valence-corrected chi connectivity index (χ2v) is 4.46. The smallest absolute Gasteiger partial charge is 0.305 e. The fourth-order valence-corrected chi connectivity index (χ4v) is 2.45. The second-order valence-electron chi connectivity index (χ2n) is 4.46. The van der Waals surface area contributed by atoms with E-state index in [0.29, 0.717) is 6.42 Å². The molecule has 0 spiro atoms. The zero-order chi connectivity index (χ0) is 12.0. The zero-order valence-corrected chi connectivity index (χ0v) is 10.2. The van der Waals surface area contributed by atoms with Crippen LogP contribution in [0.4, 0.5) is 0 Å². The lowest BCUT2D eigenvalue weighted by Crippen LogP contribution is -2.21. The molecule has 0 aromatic heterocycles. The highest BCUT2D eigenvalue weighted by Gasteiger charge is 2.35. The van der Waals surface area contributed by atoms with E-state index in [1.54, 1.807) is 0 Å². The van der Waals surface area contributed by atoms with Crippen LogP contribution >= 0.6 is 0 Å². The topological polar surface area (TPSA) is 46.5 Å². The molecule has 3 atom stereocenters. The number of carbonyl (C=O) groups excluding carboxylic acids is 1. The Morgan fingerprint density at radius 2 is 2.19 bits per heavy atom. The van der Waals surface area contributed by atoms with E-state index in [-0.39, 0.29) is 23.9 Å². The Morgan fingerprint density at radius 1 is 1.44 bits per heavy atom. The average molecular weight is 226 g/mol. The van der Waals surface area contributed by atoms with E-state index in [1.807, 2.05) is 0 Å². The average Bonchev–Trinajstić information content (AvgIpc) is 2.61. The first kappa shape index (κ1) is 13.2. The summed E-state index contributed by atoms with van der Waals surface area (Å²) >= 11 is 0. The number of rotatable bonds is 5. The molecule has 0 heterocycles. The molecule has 1 N–H and O–H groups in total. The molecule has 1 unspecified atom stereocenters. The van der Waals surface area contributed by atoms with Gasteiger partial charge in [-0.2, -0.15) is 0 Å². The molecule has 0 aromatic carbocycles. The maximum atomic E-state index is 11.2. The molecule has 0 amide bonds. The van der Waals surface area contributed by atoms with Crippen LogP contribution in [-0.4, -0.2) is 24.3 Å². The van der Waals surface area contributed by atoms with Crippen LogP contribution in [0, 0.1) is 11.8 Å². The Hall–Kier alpha value is -0.830. The molecule has 1 saturated carbocycles. The molecule has 0 aliphatic heterocycles. The van der Waals surface area contributed by atoms with Crippen LogP contribution in [0.15, 0.2) is 12.2 Å². The van der Waals surface area contributed by atoms with Gasteiger partial charge >= 0.3 is 5.97 Å². The molecule has 0 aromatic rings. The van der Waals surface area contributed by atoms with E-state index in [1.165, 1.54) is 7.11 Å². The van der Waals surface area contributed by atoms with Crippen LogP contribution in [0.2, 0.25) is 0 Å². The van der Waals surface area contributed by atoms with E-state index < -0.39 is 0 Å². The van der Waals surface area contributed by atoms with E-state index in [2.05, 4.69) is 23.8 Å². The predicted octanol–water partition coefficient (Wildman–Crippen LogP) is 2.29. The maximum Gasteiger partial charge on any atom is 0.305 e. The molecule has 1 aliphatic rings. The van der Waals surface area contributed by atoms with Gasteiger partial charge in [0.2, 0.25) is 0 Å². The predicted molar refractivity (Wildman–Crippen MR) is 62.9 cm³/mol. The lowest BCUT2D eigenvalue weighted by Gasteiger charge is -2.19. The highest BCUT2D eigenvalue weighted by atomic mass is 16.5. The zero-order valence-electron chi connectivity index (χ0n) is 10.2. The van der Waals surface area contributed by atoms with Gasteiger partial charge in [-0.15, -0.1) is 0 Å². The highest BCUT2D eigenvalue weighted by Crippen LogP contribution is 2.37. The third kappa shape index (κ3) is 3.63. The van der Waals surface area contributed by atoms with Gasteiger partial charge in [0.1, 0.15) is 0 Å². The summed E-state index contributed by atoms with van der Waals surface area (Å²) in [5.74, 6) is 0.342. The Labute approximate surface area is 97.5 Å². The summed E-state index contributed by atoms with van der Waals surface area (Å²) < 4.78 is 4.68. The quantitative estimate of drug-likeness (QED) is 0.578. The van der Waals surface area contributed by atoms with Crippen molar-refractivity contribution in [3.05, 3.63) is 12.2 Å². The van der Waals surface area contributed by atoms with Gasteiger partial charge in [-0.1, -0.05) is 19.1 Å². The van der Waals surface area contributed by atoms with Gasteiger partial charge in [0, 0.05) is 6.42 Å². The van der Waals surface area contributed by atoms with Crippen LogP contribution in [0.1, 0.15) is 39.0 Å². The van der Waals surface area contributed by atoms with Gasteiger partial charge in [0.05, 0.1) is 13.2 Å². The minimum Gasteiger partial charge on any atom is -0.469 e. The first-order chi connectivity index (χ1) is 7.69. The van der Waals surface area contributed by atoms with Gasteiger partial charge in [-0.25, -0.2) is 0 Å². The fraction of sp³-hybridized carbons (Fsp3) is 0.769. The maximum absolute atomic E-state index is 11.2. The molecule has 1 rings (SSSR count). The monoisotopic (exact) mass is 226 g/mol. The van der Waals surface area contributed by atoms with Crippen molar-refractivity contribution in [1.29, 1.82) is 0 Å². The van der Waals surface area contributed by atoms with Crippen LogP contribution < -0.4 is 0 Å². The van der Waals surface area contributed by atoms with Crippen LogP contribution in [0.5, 0.6) is 0 Å². The Balaban J connectivity index is 2.48. The van der Waals surface area contributed by atoms with Crippen LogP contribution in [-0.2, 0) is 9.53 Å². The summed E-state index contributed by atoms with van der Waals surface area (Å²) in [4.78, 5) is 11.2. The van der Waals surface area contributed by atoms with Crippen molar-refractivity contribution in [3.8, 4) is 0 Å². The van der Waals surface area contributed by atoms with Gasteiger partial charge in [-0.05, 0) is 37.5 Å². The summed E-state index contributed by atoms with van der Waals surface area (Å²) in [7, 11) is 1.42. The van der Waals surface area contributed by atoms with Crippen molar-refractivity contribution in [2.45, 2.75) is 45.1 Å². The van der Waals surface area contributed by atoms with Crippen molar-refractivity contribution in [3.63, 3.8) is 0 Å². The Morgan fingerprint density at radius 3 is 2.81 bits per heavy atom. The largest absolute Gasteiger partial charge is 0.469 e. The van der Waals surface area contributed by atoms with Crippen molar-refractivity contribution in [2.75, 3.05) is 7.11 Å². The lowest BCUT2D eigenvalue weighted by molar-refractivity contribution is -0.142. The number of allylic oxidation sites excluding steroid dienone is 2. The number of hydrogen-bond donors (Lipinski definition) is 1. The summed E-state index contributed by atoms with van der Waals surface area (Å²) in [6.45, 7) is 2.09. The van der Waals surface area contributed by atoms with E-state index in [0.717, 1.165) is 25.7 Å². The minimum absolute atomic E-state index is 0.163. The van der Waals surface area contributed by atoms with Gasteiger partial charge in [0.25, 0.3) is 0 Å².